The fourth-order valence-electron chi connectivity index (χ4n) is 2.77. The molecule has 4 nitrogen and oxygen atoms in total. The second-order valence-corrected chi connectivity index (χ2v) is 6.29. The average molecular weight is 302 g/mol. The van der Waals surface area contributed by atoms with Crippen molar-refractivity contribution >= 4 is 11.8 Å². The maximum atomic E-state index is 12.2. The molecule has 0 aromatic rings. The molecule has 1 rings (SSSR count). The van der Waals surface area contributed by atoms with Crippen LogP contribution in [0, 0.1) is 17.8 Å². The number of carbonyl (C=O) groups excluding carboxylic acids is 1. The molecule has 1 aliphatic carbocycles. The predicted molar refractivity (Wildman–Crippen MR) is 85.0 cm³/mol. The van der Waals surface area contributed by atoms with E-state index in [1.54, 1.807) is 26.0 Å². The van der Waals surface area contributed by atoms with E-state index in [0.29, 0.717) is 16.7 Å². The minimum Gasteiger partial charge on any atom is -0.478 e. The summed E-state index contributed by atoms with van der Waals surface area (Å²) in [4.78, 5) is 22.9. The van der Waals surface area contributed by atoms with Crippen molar-refractivity contribution in [3.05, 3.63) is 34.9 Å². The summed E-state index contributed by atoms with van der Waals surface area (Å²) in [7, 11) is 0. The minimum absolute atomic E-state index is 0.0451. The zero-order valence-electron chi connectivity index (χ0n) is 13.4. The molecule has 0 radical (unpaired) electrons. The van der Waals surface area contributed by atoms with Crippen molar-refractivity contribution in [2.45, 2.75) is 46.1 Å². The Hall–Kier alpha value is -2.12. The first-order valence-corrected chi connectivity index (χ1v) is 7.05. The number of Topliss-reactive ketones (excluding diaryl/α,β-unsaturated/α-hetero) is 1. The number of aliphatic hydroxyl groups is 1. The Bertz CT molecular complexity index is 626. The van der Waals surface area contributed by atoms with Crippen LogP contribution in [0.25, 0.3) is 0 Å². The summed E-state index contributed by atoms with van der Waals surface area (Å²) in [6, 6.07) is 0. The Morgan fingerprint density at radius 2 is 2.05 bits per heavy atom. The normalized spacial score (nSPS) is 25.5. The van der Waals surface area contributed by atoms with Gasteiger partial charge in [-0.15, -0.1) is 12.3 Å². The van der Waals surface area contributed by atoms with Gasteiger partial charge in [0.25, 0.3) is 0 Å². The average Bonchev–Trinajstić information content (AvgIpc) is 2.38. The van der Waals surface area contributed by atoms with Gasteiger partial charge in [0, 0.05) is 29.9 Å². The van der Waals surface area contributed by atoms with E-state index in [4.69, 9.17) is 11.5 Å². The van der Waals surface area contributed by atoms with E-state index in [0.717, 1.165) is 6.08 Å². The SMILES string of the molecule is C#CCC1=C(C)[C@](O)(/C=C/C(C)=C\C(=O)O)C(C)(C)CC1=O. The monoisotopic (exact) mass is 302 g/mol. The lowest BCUT2D eigenvalue weighted by Crippen LogP contribution is -2.49. The van der Waals surface area contributed by atoms with Crippen molar-refractivity contribution in [2.75, 3.05) is 0 Å². The van der Waals surface area contributed by atoms with Gasteiger partial charge in [-0.25, -0.2) is 4.79 Å². The summed E-state index contributed by atoms with van der Waals surface area (Å²) in [5, 5.41) is 19.9. The van der Waals surface area contributed by atoms with E-state index in [-0.39, 0.29) is 18.6 Å². The van der Waals surface area contributed by atoms with Crippen molar-refractivity contribution in [1.29, 1.82) is 0 Å². The molecule has 0 aromatic carbocycles. The van der Waals surface area contributed by atoms with Gasteiger partial charge in [0.2, 0.25) is 0 Å². The largest absolute Gasteiger partial charge is 0.478 e. The quantitative estimate of drug-likeness (QED) is 0.475. The van der Waals surface area contributed by atoms with Crippen molar-refractivity contribution in [1.82, 2.24) is 0 Å². The third kappa shape index (κ3) is 3.37. The van der Waals surface area contributed by atoms with Gasteiger partial charge in [0.15, 0.2) is 5.78 Å². The van der Waals surface area contributed by atoms with E-state index in [9.17, 15) is 14.7 Å². The molecule has 0 saturated carbocycles. The number of rotatable bonds is 4. The summed E-state index contributed by atoms with van der Waals surface area (Å²) in [5.41, 5.74) is -0.549. The van der Waals surface area contributed by atoms with Crippen LogP contribution in [0.15, 0.2) is 34.9 Å². The van der Waals surface area contributed by atoms with Crippen LogP contribution in [0.2, 0.25) is 0 Å². The molecule has 0 spiro atoms. The van der Waals surface area contributed by atoms with Crippen LogP contribution in [0.3, 0.4) is 0 Å². The lowest BCUT2D eigenvalue weighted by Gasteiger charge is -2.45. The number of carbonyl (C=O) groups is 2. The highest BCUT2D eigenvalue weighted by molar-refractivity contribution is 5.98. The minimum atomic E-state index is -1.35. The number of allylic oxidation sites excluding steroid dienone is 3. The van der Waals surface area contributed by atoms with Gasteiger partial charge >= 0.3 is 5.97 Å². The lowest BCUT2D eigenvalue weighted by atomic mass is 9.62. The summed E-state index contributed by atoms with van der Waals surface area (Å²) < 4.78 is 0. The summed E-state index contributed by atoms with van der Waals surface area (Å²) in [5.74, 6) is 1.36. The molecule has 1 aliphatic rings. The van der Waals surface area contributed by atoms with Gasteiger partial charge in [0.05, 0.1) is 0 Å². The van der Waals surface area contributed by atoms with Gasteiger partial charge in [-0.05, 0) is 31.1 Å². The Morgan fingerprint density at radius 3 is 2.55 bits per heavy atom. The Kier molecular flexibility index (Phi) is 5.16. The highest BCUT2D eigenvalue weighted by Crippen LogP contribution is 2.47. The molecule has 4 heteroatoms. The molecule has 118 valence electrons. The van der Waals surface area contributed by atoms with Crippen molar-refractivity contribution < 1.29 is 19.8 Å². The maximum absolute atomic E-state index is 12.2. The summed E-state index contributed by atoms with van der Waals surface area (Å²) in [6.45, 7) is 6.95. The van der Waals surface area contributed by atoms with Crippen LogP contribution in [0.5, 0.6) is 0 Å². The Balaban J connectivity index is 3.38. The fraction of sp³-hybridized carbons (Fsp3) is 0.444. The highest BCUT2D eigenvalue weighted by Gasteiger charge is 2.49. The van der Waals surface area contributed by atoms with E-state index >= 15 is 0 Å². The molecular formula is C18H22O4. The highest BCUT2D eigenvalue weighted by atomic mass is 16.4. The number of hydrogen-bond acceptors (Lipinski definition) is 3. The first kappa shape index (κ1) is 17.9. The van der Waals surface area contributed by atoms with Crippen LogP contribution in [-0.2, 0) is 9.59 Å². The molecular weight excluding hydrogens is 280 g/mol. The molecule has 0 heterocycles. The van der Waals surface area contributed by atoms with Crippen molar-refractivity contribution in [2.24, 2.45) is 5.41 Å². The zero-order chi connectivity index (χ0) is 17.1. The fourth-order valence-corrected chi connectivity index (χ4v) is 2.77. The first-order valence-electron chi connectivity index (χ1n) is 7.05. The number of aliphatic carboxylic acids is 1. The maximum Gasteiger partial charge on any atom is 0.328 e. The molecule has 0 fully saturated rings. The van der Waals surface area contributed by atoms with Gasteiger partial charge in [-0.1, -0.05) is 19.9 Å². The smallest absolute Gasteiger partial charge is 0.328 e. The van der Waals surface area contributed by atoms with Crippen LogP contribution in [0.1, 0.15) is 40.5 Å². The van der Waals surface area contributed by atoms with Crippen LogP contribution < -0.4 is 0 Å². The Morgan fingerprint density at radius 1 is 1.45 bits per heavy atom. The van der Waals surface area contributed by atoms with Crippen molar-refractivity contribution in [3.63, 3.8) is 0 Å². The third-order valence-corrected chi connectivity index (χ3v) is 4.21. The van der Waals surface area contributed by atoms with Gasteiger partial charge < -0.3 is 10.2 Å². The predicted octanol–water partition coefficient (Wildman–Crippen LogP) is 2.64. The molecule has 0 bridgehead atoms. The molecule has 1 atom stereocenters. The summed E-state index contributed by atoms with van der Waals surface area (Å²) >= 11 is 0. The number of ketones is 1. The van der Waals surface area contributed by atoms with E-state index in [2.05, 4.69) is 5.92 Å². The molecule has 0 amide bonds. The Labute approximate surface area is 131 Å². The summed E-state index contributed by atoms with van der Waals surface area (Å²) in [6.07, 6.45) is 9.84. The number of terminal acetylenes is 1. The van der Waals surface area contributed by atoms with E-state index < -0.39 is 17.0 Å². The molecule has 0 unspecified atom stereocenters. The van der Waals surface area contributed by atoms with E-state index in [1.165, 1.54) is 0 Å². The van der Waals surface area contributed by atoms with Crippen LogP contribution in [-0.4, -0.2) is 27.6 Å². The van der Waals surface area contributed by atoms with Gasteiger partial charge in [-0.3, -0.25) is 4.79 Å². The molecule has 22 heavy (non-hydrogen) atoms. The van der Waals surface area contributed by atoms with Gasteiger partial charge in [-0.2, -0.15) is 0 Å². The van der Waals surface area contributed by atoms with E-state index in [1.807, 2.05) is 13.8 Å². The first-order chi connectivity index (χ1) is 10.0. The van der Waals surface area contributed by atoms with Gasteiger partial charge in [0.1, 0.15) is 5.60 Å². The number of hydrogen-bond donors (Lipinski definition) is 2. The molecule has 2 N–H and O–H groups in total. The molecule has 0 aromatic heterocycles. The van der Waals surface area contributed by atoms with Crippen LogP contribution >= 0.6 is 0 Å². The zero-order valence-corrected chi connectivity index (χ0v) is 13.4. The third-order valence-electron chi connectivity index (χ3n) is 4.21. The number of carboxylic acid groups (broad SMARTS) is 1. The van der Waals surface area contributed by atoms with Crippen molar-refractivity contribution in [3.8, 4) is 12.3 Å². The second-order valence-electron chi connectivity index (χ2n) is 6.29. The van der Waals surface area contributed by atoms with Crippen LogP contribution in [0.4, 0.5) is 0 Å². The molecule has 0 aliphatic heterocycles. The standard InChI is InChI=1S/C18H22O4/c1-6-7-14-13(3)18(22,17(4,5)11-15(14)19)9-8-12(2)10-16(20)21/h1,8-10,22H,7,11H2,2-5H3,(H,20,21)/b9-8+,12-10-/t18-/m1/s1. The second kappa shape index (κ2) is 6.33. The molecule has 0 saturated heterocycles. The number of carboxylic acids is 1. The lowest BCUT2D eigenvalue weighted by molar-refractivity contribution is -0.131. The topological polar surface area (TPSA) is 74.6 Å².